The minimum Gasteiger partial charge on any atom is -0.458 e. The van der Waals surface area contributed by atoms with Crippen LogP contribution in [0.15, 0.2) is 41.6 Å². The molecule has 0 saturated heterocycles. The lowest BCUT2D eigenvalue weighted by molar-refractivity contribution is -0.159. The molecular weight excluding hydrogens is 605 g/mol. The number of amides is 1. The normalized spacial score (nSPS) is 22.8. The maximum absolute atomic E-state index is 15.4. The van der Waals surface area contributed by atoms with Crippen LogP contribution in [0.4, 0.5) is 4.39 Å². The van der Waals surface area contributed by atoms with E-state index in [1.54, 1.807) is 46.5 Å². The molecule has 14 heteroatoms. The van der Waals surface area contributed by atoms with Crippen molar-refractivity contribution in [2.45, 2.75) is 63.3 Å². The van der Waals surface area contributed by atoms with E-state index < -0.39 is 23.6 Å². The standard InChI is InChI=1S/C33H32FN9O4/c1-33(38-31(45)16-4-5-16)9-8-19-11-23(33)47-24(44)15-42-21-7-6-17(10-18(21)12-36-42)25-26-28-22(41(3)32(46)43(19)28)13-35-30(26)37-27(25)20-14-40(2)39-29(20)34/h6-7,10,12-14,16,19,23H,4-5,8-9,11,15H2,1-3H3,(H,35,37)(H,38,45)/t19-,23-,33+/m0/s1. The molecule has 0 spiro atoms. The molecule has 0 radical (unpaired) electrons. The van der Waals surface area contributed by atoms with Crippen molar-refractivity contribution in [2.24, 2.45) is 20.0 Å². The van der Waals surface area contributed by atoms with Crippen molar-refractivity contribution in [3.63, 3.8) is 0 Å². The van der Waals surface area contributed by atoms with Gasteiger partial charge in [0.1, 0.15) is 18.3 Å². The monoisotopic (exact) mass is 637 g/mol. The number of nitrogens with zero attached hydrogens (tertiary/aromatic N) is 7. The number of hydrogen-bond donors (Lipinski definition) is 2. The molecule has 2 saturated carbocycles. The Morgan fingerprint density at radius 3 is 2.74 bits per heavy atom. The van der Waals surface area contributed by atoms with Crippen LogP contribution in [-0.4, -0.2) is 62.2 Å². The number of aromatic nitrogens is 8. The number of carbonyl (C=O) groups excluding carboxylic acids is 2. The van der Waals surface area contributed by atoms with Gasteiger partial charge in [-0.15, -0.1) is 5.10 Å². The third-order valence-electron chi connectivity index (χ3n) is 10.3. The van der Waals surface area contributed by atoms with Crippen LogP contribution in [0.5, 0.6) is 0 Å². The number of benzene rings is 1. The van der Waals surface area contributed by atoms with E-state index in [0.717, 1.165) is 29.3 Å². The number of carbonyl (C=O) groups is 2. The van der Waals surface area contributed by atoms with E-state index >= 15 is 4.39 Å². The number of halogens is 1. The number of H-pyrrole nitrogens is 1. The highest BCUT2D eigenvalue weighted by molar-refractivity contribution is 6.14. The molecule has 6 bridgehead atoms. The Morgan fingerprint density at radius 1 is 1.15 bits per heavy atom. The number of nitrogens with one attached hydrogen (secondary N) is 2. The lowest BCUT2D eigenvalue weighted by Gasteiger charge is -2.44. The highest BCUT2D eigenvalue weighted by Gasteiger charge is 2.47. The van der Waals surface area contributed by atoms with Gasteiger partial charge in [0.25, 0.3) is 0 Å². The number of fused-ring (bicyclic) bond motifs is 3. The average molecular weight is 638 g/mol. The van der Waals surface area contributed by atoms with Gasteiger partial charge in [-0.1, -0.05) is 6.07 Å². The number of aromatic amines is 1. The van der Waals surface area contributed by atoms with E-state index in [1.165, 1.54) is 4.68 Å². The van der Waals surface area contributed by atoms with Gasteiger partial charge < -0.3 is 15.0 Å². The van der Waals surface area contributed by atoms with Crippen molar-refractivity contribution >= 4 is 44.8 Å². The number of rotatable bonds is 3. The van der Waals surface area contributed by atoms with Gasteiger partial charge in [0.2, 0.25) is 11.9 Å². The van der Waals surface area contributed by atoms with Crippen molar-refractivity contribution < 1.29 is 18.7 Å². The molecule has 2 aliphatic carbocycles. The van der Waals surface area contributed by atoms with Crippen LogP contribution in [0.25, 0.3) is 55.4 Å². The maximum atomic E-state index is 15.4. The Kier molecular flexibility index (Phi) is 5.73. The molecule has 0 unspecified atom stereocenters. The number of pyridine rings is 1. The highest BCUT2D eigenvalue weighted by Crippen LogP contribution is 2.45. The summed E-state index contributed by atoms with van der Waals surface area (Å²) in [5.41, 5.74) is 3.60. The molecule has 2 aliphatic heterocycles. The third kappa shape index (κ3) is 4.12. The first-order chi connectivity index (χ1) is 22.6. The minimum absolute atomic E-state index is 0.0185. The van der Waals surface area contributed by atoms with Gasteiger partial charge in [-0.05, 0) is 50.3 Å². The summed E-state index contributed by atoms with van der Waals surface area (Å²) < 4.78 is 27.9. The van der Waals surface area contributed by atoms with Crippen LogP contribution >= 0.6 is 0 Å². The SMILES string of the molecule is Cn1cc(-c2[nH]c3ncc4c5c3c2-c2ccc3c(cnn3CC(=O)O[C@H]3C[C@H](CC[C@@]3(C)NC(=O)C3CC3)n5c(=O)n4C)c2)c(F)n1. The van der Waals surface area contributed by atoms with Gasteiger partial charge >= 0.3 is 11.7 Å². The second-order valence-electron chi connectivity index (χ2n) is 13.5. The molecule has 7 heterocycles. The zero-order valence-electron chi connectivity index (χ0n) is 26.1. The average Bonchev–Trinajstić information content (AvgIpc) is 3.50. The third-order valence-corrected chi connectivity index (χ3v) is 10.3. The Labute approximate surface area is 266 Å². The summed E-state index contributed by atoms with van der Waals surface area (Å²) >= 11 is 0. The predicted octanol–water partition coefficient (Wildman–Crippen LogP) is 3.71. The summed E-state index contributed by atoms with van der Waals surface area (Å²) in [6.45, 7) is 1.80. The molecule has 1 amide bonds. The molecule has 47 heavy (non-hydrogen) atoms. The fourth-order valence-electron chi connectivity index (χ4n) is 7.66. The van der Waals surface area contributed by atoms with E-state index in [-0.39, 0.29) is 35.7 Å². The van der Waals surface area contributed by atoms with Gasteiger partial charge in [0, 0.05) is 49.6 Å². The quantitative estimate of drug-likeness (QED) is 0.281. The Balaban J connectivity index is 1.34. The van der Waals surface area contributed by atoms with E-state index in [4.69, 9.17) is 9.72 Å². The molecule has 13 nitrogen and oxygen atoms in total. The van der Waals surface area contributed by atoms with Crippen LogP contribution in [0, 0.1) is 11.9 Å². The molecular formula is C33H32FN9O4. The summed E-state index contributed by atoms with van der Waals surface area (Å²) in [6.07, 6.45) is 7.28. The van der Waals surface area contributed by atoms with Gasteiger partial charge in [-0.25, -0.2) is 9.78 Å². The van der Waals surface area contributed by atoms with Crippen molar-refractivity contribution in [1.29, 1.82) is 0 Å². The van der Waals surface area contributed by atoms with Crippen LogP contribution in [-0.2, 0) is 35.0 Å². The molecule has 2 fully saturated rings. The Hall–Kier alpha value is -5.27. The van der Waals surface area contributed by atoms with E-state index in [2.05, 4.69) is 20.5 Å². The van der Waals surface area contributed by atoms with Gasteiger partial charge in [-0.3, -0.25) is 28.1 Å². The fraction of sp³-hybridized carbons (Fsp3) is 0.394. The largest absolute Gasteiger partial charge is 0.458 e. The summed E-state index contributed by atoms with van der Waals surface area (Å²) in [5.74, 6) is -1.17. The van der Waals surface area contributed by atoms with Crippen LogP contribution < -0.4 is 11.0 Å². The summed E-state index contributed by atoms with van der Waals surface area (Å²) in [5, 5.41) is 13.1. The molecule has 1 aromatic carbocycles. The minimum atomic E-state index is -0.824. The zero-order valence-corrected chi connectivity index (χ0v) is 26.1. The van der Waals surface area contributed by atoms with Crippen molar-refractivity contribution in [3.8, 4) is 22.4 Å². The molecule has 4 aliphatic rings. The van der Waals surface area contributed by atoms with Crippen LogP contribution in [0.1, 0.15) is 45.1 Å². The summed E-state index contributed by atoms with van der Waals surface area (Å²) in [4.78, 5) is 48.8. The summed E-state index contributed by atoms with van der Waals surface area (Å²) in [6, 6.07) is 5.35. The zero-order chi connectivity index (χ0) is 32.4. The lowest BCUT2D eigenvalue weighted by atomic mass is 9.77. The Bertz CT molecular complexity index is 2370. The number of aryl methyl sites for hydroxylation is 2. The number of ether oxygens (including phenoxy) is 1. The molecule has 6 aromatic rings. The first-order valence-electron chi connectivity index (χ1n) is 15.9. The first kappa shape index (κ1) is 28.0. The van der Waals surface area contributed by atoms with E-state index in [1.807, 2.05) is 25.1 Å². The number of esters is 1. The molecule has 2 N–H and O–H groups in total. The lowest BCUT2D eigenvalue weighted by Crippen LogP contribution is -2.59. The van der Waals surface area contributed by atoms with Crippen molar-refractivity contribution in [2.75, 3.05) is 0 Å². The maximum Gasteiger partial charge on any atom is 0.329 e. The molecule has 5 aromatic heterocycles. The smallest absolute Gasteiger partial charge is 0.329 e. The topological polar surface area (TPSA) is 147 Å². The number of hydrogen-bond acceptors (Lipinski definition) is 7. The van der Waals surface area contributed by atoms with Gasteiger partial charge in [0.15, 0.2) is 0 Å². The van der Waals surface area contributed by atoms with Crippen LogP contribution in [0.2, 0.25) is 0 Å². The second kappa shape index (κ2) is 9.62. The molecule has 240 valence electrons. The molecule has 10 rings (SSSR count). The van der Waals surface area contributed by atoms with Gasteiger partial charge in [0.05, 0.1) is 51.1 Å². The fourth-order valence-corrected chi connectivity index (χ4v) is 7.66. The van der Waals surface area contributed by atoms with Crippen molar-refractivity contribution in [3.05, 3.63) is 53.2 Å². The first-order valence-corrected chi connectivity index (χ1v) is 15.9. The summed E-state index contributed by atoms with van der Waals surface area (Å²) in [7, 11) is 3.37. The van der Waals surface area contributed by atoms with E-state index in [9.17, 15) is 14.4 Å². The van der Waals surface area contributed by atoms with Crippen molar-refractivity contribution in [1.82, 2.24) is 44.0 Å². The predicted molar refractivity (Wildman–Crippen MR) is 170 cm³/mol. The molecule has 3 atom stereocenters. The second-order valence-corrected chi connectivity index (χ2v) is 13.5. The van der Waals surface area contributed by atoms with E-state index in [0.29, 0.717) is 52.6 Å². The Morgan fingerprint density at radius 2 is 1.98 bits per heavy atom. The number of imidazole rings is 1. The van der Waals surface area contributed by atoms with Gasteiger partial charge in [-0.2, -0.15) is 9.49 Å². The van der Waals surface area contributed by atoms with Crippen LogP contribution in [0.3, 0.4) is 0 Å². The highest BCUT2D eigenvalue weighted by atomic mass is 19.1.